The fraction of sp³-hybridized carbons (Fsp3) is 0.538. The fourth-order valence-electron chi connectivity index (χ4n) is 2.01. The summed E-state index contributed by atoms with van der Waals surface area (Å²) in [5.41, 5.74) is 1.39. The summed E-state index contributed by atoms with van der Waals surface area (Å²) in [6, 6.07) is 8.54. The van der Waals surface area contributed by atoms with E-state index in [0.717, 1.165) is 25.4 Å². The molecule has 0 spiro atoms. The minimum Gasteiger partial charge on any atom is -0.488 e. The molecule has 0 bridgehead atoms. The zero-order chi connectivity index (χ0) is 10.8. The van der Waals surface area contributed by atoms with E-state index < -0.39 is 0 Å². The van der Waals surface area contributed by atoms with Crippen LogP contribution in [0.25, 0.3) is 0 Å². The predicted molar refractivity (Wildman–Crippen MR) is 63.6 cm³/mol. The number of nitrogens with one attached hydrogen (secondary N) is 1. The molecule has 0 aromatic heterocycles. The van der Waals surface area contributed by atoms with Crippen LogP contribution in [0.2, 0.25) is 0 Å². The lowest BCUT2D eigenvalue weighted by Crippen LogP contribution is -2.50. The molecular formula is C13H18N2O. The highest BCUT2D eigenvalue weighted by molar-refractivity contribution is 5.27. The van der Waals surface area contributed by atoms with E-state index in [2.05, 4.69) is 34.5 Å². The van der Waals surface area contributed by atoms with Gasteiger partial charge in [0.25, 0.3) is 0 Å². The van der Waals surface area contributed by atoms with E-state index in [1.54, 1.807) is 0 Å². The molecule has 2 heterocycles. The Hall–Kier alpha value is -1.06. The Morgan fingerprint density at radius 3 is 2.44 bits per heavy atom. The maximum atomic E-state index is 5.77. The van der Waals surface area contributed by atoms with Crippen LogP contribution in [0.1, 0.15) is 12.0 Å². The summed E-state index contributed by atoms with van der Waals surface area (Å²) in [5.74, 6) is 0.999. The molecule has 1 aromatic carbocycles. The quantitative estimate of drug-likeness (QED) is 0.823. The number of benzene rings is 1. The first kappa shape index (κ1) is 10.1. The third-order valence-electron chi connectivity index (χ3n) is 3.32. The van der Waals surface area contributed by atoms with Gasteiger partial charge in [-0.3, -0.25) is 4.90 Å². The number of likely N-dealkylation sites (tertiary alicyclic amines) is 1. The number of nitrogens with zero attached hydrogens (tertiary/aromatic N) is 1. The highest BCUT2D eigenvalue weighted by Crippen LogP contribution is 2.17. The smallest absolute Gasteiger partial charge is 0.123 e. The Morgan fingerprint density at radius 1 is 1.19 bits per heavy atom. The molecule has 0 unspecified atom stereocenters. The van der Waals surface area contributed by atoms with Crippen molar-refractivity contribution in [2.24, 2.45) is 0 Å². The molecule has 2 aliphatic heterocycles. The van der Waals surface area contributed by atoms with Crippen molar-refractivity contribution in [3.8, 4) is 5.75 Å². The molecule has 0 atom stereocenters. The van der Waals surface area contributed by atoms with Gasteiger partial charge in [-0.1, -0.05) is 12.1 Å². The molecule has 0 saturated carbocycles. The van der Waals surface area contributed by atoms with Crippen molar-refractivity contribution in [3.05, 3.63) is 29.8 Å². The highest BCUT2D eigenvalue weighted by Gasteiger charge is 2.18. The topological polar surface area (TPSA) is 24.5 Å². The first-order valence-corrected chi connectivity index (χ1v) is 6.09. The Labute approximate surface area is 96.4 Å². The van der Waals surface area contributed by atoms with Crippen molar-refractivity contribution in [2.45, 2.75) is 19.1 Å². The Morgan fingerprint density at radius 2 is 1.94 bits per heavy atom. The molecule has 1 N–H and O–H groups in total. The predicted octanol–water partition coefficient (Wildman–Crippen LogP) is 1.24. The van der Waals surface area contributed by atoms with Crippen LogP contribution in [0.5, 0.6) is 5.75 Å². The normalized spacial score (nSPS) is 21.2. The van der Waals surface area contributed by atoms with Gasteiger partial charge in [0, 0.05) is 19.6 Å². The van der Waals surface area contributed by atoms with Crippen LogP contribution in [0, 0.1) is 0 Å². The summed E-state index contributed by atoms with van der Waals surface area (Å²) in [4.78, 5) is 2.46. The average molecular weight is 218 g/mol. The van der Waals surface area contributed by atoms with E-state index in [1.807, 2.05) is 0 Å². The van der Waals surface area contributed by atoms with Gasteiger partial charge >= 0.3 is 0 Å². The van der Waals surface area contributed by atoms with E-state index in [0.29, 0.717) is 6.10 Å². The zero-order valence-corrected chi connectivity index (χ0v) is 9.48. The maximum Gasteiger partial charge on any atom is 0.123 e. The number of rotatable bonds is 4. The lowest BCUT2D eigenvalue weighted by atomic mass is 10.1. The molecule has 3 rings (SSSR count). The van der Waals surface area contributed by atoms with Gasteiger partial charge in [0.1, 0.15) is 11.9 Å². The minimum absolute atomic E-state index is 0.376. The van der Waals surface area contributed by atoms with Crippen LogP contribution in [-0.4, -0.2) is 37.2 Å². The van der Waals surface area contributed by atoms with Gasteiger partial charge < -0.3 is 10.1 Å². The summed E-state index contributed by atoms with van der Waals surface area (Å²) in [6.07, 6.45) is 1.73. The Balaban J connectivity index is 1.55. The van der Waals surface area contributed by atoms with Crippen LogP contribution >= 0.6 is 0 Å². The summed E-state index contributed by atoms with van der Waals surface area (Å²) in [6.45, 7) is 5.56. The van der Waals surface area contributed by atoms with E-state index in [-0.39, 0.29) is 0 Å². The van der Waals surface area contributed by atoms with Crippen molar-refractivity contribution in [2.75, 3.05) is 26.2 Å². The van der Waals surface area contributed by atoms with Crippen molar-refractivity contribution in [1.82, 2.24) is 10.2 Å². The summed E-state index contributed by atoms with van der Waals surface area (Å²) in [7, 11) is 0. The third kappa shape index (κ3) is 2.20. The van der Waals surface area contributed by atoms with Gasteiger partial charge in [0.05, 0.1) is 0 Å². The van der Waals surface area contributed by atoms with Crippen LogP contribution in [0.15, 0.2) is 24.3 Å². The molecular weight excluding hydrogens is 200 g/mol. The molecule has 0 amide bonds. The van der Waals surface area contributed by atoms with E-state index in [9.17, 15) is 0 Å². The lowest BCUT2D eigenvalue weighted by Gasteiger charge is -2.31. The number of ether oxygens (including phenoxy) is 1. The summed E-state index contributed by atoms with van der Waals surface area (Å²) >= 11 is 0. The highest BCUT2D eigenvalue weighted by atomic mass is 16.5. The maximum absolute atomic E-state index is 5.77. The van der Waals surface area contributed by atoms with Crippen LogP contribution in [0.3, 0.4) is 0 Å². The second-order valence-corrected chi connectivity index (χ2v) is 4.67. The van der Waals surface area contributed by atoms with E-state index >= 15 is 0 Å². The molecule has 1 aromatic rings. The van der Waals surface area contributed by atoms with Crippen LogP contribution in [0.4, 0.5) is 0 Å². The Kier molecular flexibility index (Phi) is 2.80. The van der Waals surface area contributed by atoms with Crippen LogP contribution < -0.4 is 10.1 Å². The van der Waals surface area contributed by atoms with E-state index in [4.69, 9.17) is 4.74 Å². The summed E-state index contributed by atoms with van der Waals surface area (Å²) in [5, 5.41) is 3.20. The molecule has 2 fully saturated rings. The van der Waals surface area contributed by atoms with Crippen LogP contribution in [-0.2, 0) is 6.54 Å². The van der Waals surface area contributed by atoms with Gasteiger partial charge in [-0.25, -0.2) is 0 Å². The second-order valence-electron chi connectivity index (χ2n) is 4.67. The zero-order valence-electron chi connectivity index (χ0n) is 9.48. The molecule has 3 nitrogen and oxygen atoms in total. The van der Waals surface area contributed by atoms with Gasteiger partial charge in [0.15, 0.2) is 0 Å². The van der Waals surface area contributed by atoms with Gasteiger partial charge in [-0.15, -0.1) is 0 Å². The van der Waals surface area contributed by atoms with Crippen molar-refractivity contribution in [3.63, 3.8) is 0 Å². The standard InChI is InChI=1S/C13H18N2O/c1-6-15(7-1)10-11-2-4-12(5-3-11)16-13-8-14-9-13/h2-5,13-14H,1,6-10H2. The molecule has 2 saturated heterocycles. The van der Waals surface area contributed by atoms with Crippen molar-refractivity contribution < 1.29 is 4.74 Å². The van der Waals surface area contributed by atoms with Crippen molar-refractivity contribution in [1.29, 1.82) is 0 Å². The molecule has 3 heteroatoms. The molecule has 2 aliphatic rings. The number of hydrogen-bond acceptors (Lipinski definition) is 3. The summed E-state index contributed by atoms with van der Waals surface area (Å²) < 4.78 is 5.77. The Bertz CT molecular complexity index is 306. The average Bonchev–Trinajstić information content (AvgIpc) is 2.19. The second kappa shape index (κ2) is 4.44. The monoisotopic (exact) mass is 218 g/mol. The molecule has 0 aliphatic carbocycles. The number of hydrogen-bond donors (Lipinski definition) is 1. The van der Waals surface area contributed by atoms with Gasteiger partial charge in [0.2, 0.25) is 0 Å². The largest absolute Gasteiger partial charge is 0.488 e. The lowest BCUT2D eigenvalue weighted by molar-refractivity contribution is 0.142. The molecule has 86 valence electrons. The van der Waals surface area contributed by atoms with Gasteiger partial charge in [-0.2, -0.15) is 0 Å². The SMILES string of the molecule is c1cc(OC2CNC2)ccc1CN1CCC1. The molecule has 0 radical (unpaired) electrons. The van der Waals surface area contributed by atoms with E-state index in [1.165, 1.54) is 25.1 Å². The van der Waals surface area contributed by atoms with Crippen molar-refractivity contribution >= 4 is 0 Å². The first-order chi connectivity index (χ1) is 7.90. The third-order valence-corrected chi connectivity index (χ3v) is 3.32. The molecule has 16 heavy (non-hydrogen) atoms. The fourth-order valence-corrected chi connectivity index (χ4v) is 2.01. The van der Waals surface area contributed by atoms with Gasteiger partial charge in [-0.05, 0) is 37.2 Å². The minimum atomic E-state index is 0.376. The first-order valence-electron chi connectivity index (χ1n) is 6.09.